The third kappa shape index (κ3) is 4.47. The summed E-state index contributed by atoms with van der Waals surface area (Å²) in [6.45, 7) is 9.49. The van der Waals surface area contributed by atoms with Crippen molar-refractivity contribution in [2.45, 2.75) is 26.8 Å². The highest BCUT2D eigenvalue weighted by molar-refractivity contribution is 5.93. The van der Waals surface area contributed by atoms with Crippen LogP contribution in [0.25, 0.3) is 0 Å². The van der Waals surface area contributed by atoms with E-state index in [0.717, 1.165) is 36.4 Å². The Hall–Kier alpha value is -1.10. The van der Waals surface area contributed by atoms with Crippen molar-refractivity contribution in [2.24, 2.45) is 0 Å². The number of halogens is 1. The van der Waals surface area contributed by atoms with Gasteiger partial charge in [0.15, 0.2) is 0 Å². The second kappa shape index (κ2) is 7.62. The van der Waals surface area contributed by atoms with Gasteiger partial charge in [-0.15, -0.1) is 12.4 Å². The molecule has 112 valence electrons. The predicted molar refractivity (Wildman–Crippen MR) is 85.7 cm³/mol. The van der Waals surface area contributed by atoms with Gasteiger partial charge in [-0.2, -0.15) is 0 Å². The van der Waals surface area contributed by atoms with E-state index >= 15 is 0 Å². The number of rotatable bonds is 3. The Labute approximate surface area is 127 Å². The minimum absolute atomic E-state index is 0. The van der Waals surface area contributed by atoms with Gasteiger partial charge in [0.1, 0.15) is 0 Å². The van der Waals surface area contributed by atoms with Crippen LogP contribution in [-0.4, -0.2) is 43.0 Å². The molecule has 0 radical (unpaired) electrons. The summed E-state index contributed by atoms with van der Waals surface area (Å²) in [5, 5.41) is 6.42. The van der Waals surface area contributed by atoms with E-state index in [9.17, 15) is 4.79 Å². The first-order chi connectivity index (χ1) is 9.06. The Bertz CT molecular complexity index is 444. The summed E-state index contributed by atoms with van der Waals surface area (Å²) in [5.74, 6) is 0.0755. The predicted octanol–water partition coefficient (Wildman–Crippen LogP) is 1.96. The van der Waals surface area contributed by atoms with Gasteiger partial charge in [0.05, 0.1) is 6.54 Å². The summed E-state index contributed by atoms with van der Waals surface area (Å²) in [5.41, 5.74) is 3.18. The Kier molecular flexibility index (Phi) is 6.46. The summed E-state index contributed by atoms with van der Waals surface area (Å²) >= 11 is 0. The molecule has 1 unspecified atom stereocenters. The number of nitrogens with zero attached hydrogens (tertiary/aromatic N) is 1. The van der Waals surface area contributed by atoms with E-state index in [0.29, 0.717) is 12.6 Å². The van der Waals surface area contributed by atoms with Crippen LogP contribution in [0.3, 0.4) is 0 Å². The molecule has 0 aliphatic carbocycles. The fourth-order valence-corrected chi connectivity index (χ4v) is 2.55. The molecule has 1 saturated heterocycles. The highest BCUT2D eigenvalue weighted by Gasteiger charge is 2.18. The second-order valence-electron chi connectivity index (χ2n) is 5.41. The van der Waals surface area contributed by atoms with Gasteiger partial charge in [-0.3, -0.25) is 9.69 Å². The van der Waals surface area contributed by atoms with E-state index in [-0.39, 0.29) is 18.3 Å². The maximum atomic E-state index is 12.1. The number of carbonyl (C=O) groups is 1. The van der Waals surface area contributed by atoms with Crippen LogP contribution in [0.2, 0.25) is 0 Å². The summed E-state index contributed by atoms with van der Waals surface area (Å²) in [7, 11) is 0. The molecule has 4 nitrogen and oxygen atoms in total. The fraction of sp³-hybridized carbons (Fsp3) is 0.533. The summed E-state index contributed by atoms with van der Waals surface area (Å²) in [4.78, 5) is 14.3. The average molecular weight is 298 g/mol. The van der Waals surface area contributed by atoms with Gasteiger partial charge in [-0.05, 0) is 31.9 Å². The summed E-state index contributed by atoms with van der Waals surface area (Å²) in [6.07, 6.45) is 0. The lowest BCUT2D eigenvalue weighted by Gasteiger charge is -2.31. The molecule has 1 heterocycles. The monoisotopic (exact) mass is 297 g/mol. The van der Waals surface area contributed by atoms with E-state index < -0.39 is 0 Å². The quantitative estimate of drug-likeness (QED) is 0.896. The fourth-order valence-electron chi connectivity index (χ4n) is 2.55. The van der Waals surface area contributed by atoms with Gasteiger partial charge in [-0.25, -0.2) is 0 Å². The second-order valence-corrected chi connectivity index (χ2v) is 5.41. The molecule has 1 aromatic carbocycles. The number of nitrogens with one attached hydrogen (secondary N) is 2. The van der Waals surface area contributed by atoms with Crippen molar-refractivity contribution in [1.82, 2.24) is 10.2 Å². The highest BCUT2D eigenvalue weighted by Crippen LogP contribution is 2.19. The minimum atomic E-state index is 0. The van der Waals surface area contributed by atoms with Crippen molar-refractivity contribution in [3.8, 4) is 0 Å². The molecule has 20 heavy (non-hydrogen) atoms. The third-order valence-electron chi connectivity index (χ3n) is 3.57. The first-order valence-electron chi connectivity index (χ1n) is 6.88. The molecule has 2 rings (SSSR count). The number of piperazine rings is 1. The van der Waals surface area contributed by atoms with Crippen molar-refractivity contribution in [2.75, 3.05) is 31.5 Å². The zero-order chi connectivity index (χ0) is 13.8. The maximum Gasteiger partial charge on any atom is 0.238 e. The topological polar surface area (TPSA) is 44.4 Å². The van der Waals surface area contributed by atoms with Crippen LogP contribution < -0.4 is 10.6 Å². The molecule has 1 fully saturated rings. The van der Waals surface area contributed by atoms with E-state index in [1.54, 1.807) is 0 Å². The molecule has 1 amide bonds. The van der Waals surface area contributed by atoms with Crippen LogP contribution in [0.4, 0.5) is 5.69 Å². The van der Waals surface area contributed by atoms with Crippen LogP contribution in [-0.2, 0) is 4.79 Å². The molecule has 0 saturated carbocycles. The average Bonchev–Trinajstić information content (AvgIpc) is 2.34. The van der Waals surface area contributed by atoms with Crippen LogP contribution >= 0.6 is 12.4 Å². The van der Waals surface area contributed by atoms with Crippen LogP contribution in [0.5, 0.6) is 0 Å². The standard InChI is InChI=1S/C15H23N3O.ClH/c1-11-5-4-6-12(2)15(11)17-14(19)10-18-8-7-16-13(3)9-18;/h4-6,13,16H,7-10H2,1-3H3,(H,17,19);1H. The molecular formula is C15H24ClN3O. The maximum absolute atomic E-state index is 12.1. The molecule has 5 heteroatoms. The van der Waals surface area contributed by atoms with E-state index in [2.05, 4.69) is 22.5 Å². The van der Waals surface area contributed by atoms with E-state index in [4.69, 9.17) is 0 Å². The van der Waals surface area contributed by atoms with Crippen molar-refractivity contribution in [1.29, 1.82) is 0 Å². The Morgan fingerprint density at radius 1 is 1.40 bits per heavy atom. The van der Waals surface area contributed by atoms with Gasteiger partial charge in [-0.1, -0.05) is 18.2 Å². The van der Waals surface area contributed by atoms with Gasteiger partial charge >= 0.3 is 0 Å². The number of carbonyl (C=O) groups excluding carboxylic acids is 1. The first kappa shape index (κ1) is 17.0. The molecule has 2 N–H and O–H groups in total. The largest absolute Gasteiger partial charge is 0.324 e. The summed E-state index contributed by atoms with van der Waals surface area (Å²) < 4.78 is 0. The number of hydrogen-bond donors (Lipinski definition) is 2. The van der Waals surface area contributed by atoms with Crippen molar-refractivity contribution >= 4 is 24.0 Å². The lowest BCUT2D eigenvalue weighted by atomic mass is 10.1. The van der Waals surface area contributed by atoms with E-state index in [1.165, 1.54) is 0 Å². The molecular weight excluding hydrogens is 274 g/mol. The van der Waals surface area contributed by atoms with Gasteiger partial charge in [0.2, 0.25) is 5.91 Å². The minimum Gasteiger partial charge on any atom is -0.324 e. The van der Waals surface area contributed by atoms with Crippen LogP contribution in [0, 0.1) is 13.8 Å². The molecule has 1 atom stereocenters. The van der Waals surface area contributed by atoms with Crippen LogP contribution in [0.15, 0.2) is 18.2 Å². The van der Waals surface area contributed by atoms with Gasteiger partial charge in [0, 0.05) is 31.4 Å². The smallest absolute Gasteiger partial charge is 0.238 e. The zero-order valence-corrected chi connectivity index (χ0v) is 13.2. The zero-order valence-electron chi connectivity index (χ0n) is 12.4. The summed E-state index contributed by atoms with van der Waals surface area (Å²) in [6, 6.07) is 6.52. The van der Waals surface area contributed by atoms with Crippen molar-refractivity contribution < 1.29 is 4.79 Å². The molecule has 1 aromatic rings. The van der Waals surface area contributed by atoms with Crippen LogP contribution in [0.1, 0.15) is 18.1 Å². The Morgan fingerprint density at radius 3 is 2.65 bits per heavy atom. The Morgan fingerprint density at radius 2 is 2.05 bits per heavy atom. The highest BCUT2D eigenvalue weighted by atomic mass is 35.5. The molecule has 1 aliphatic heterocycles. The number of aryl methyl sites for hydroxylation is 2. The lowest BCUT2D eigenvalue weighted by Crippen LogP contribution is -2.51. The SMILES string of the molecule is Cc1cccc(C)c1NC(=O)CN1CCNC(C)C1.Cl. The molecule has 1 aliphatic rings. The number of benzene rings is 1. The van der Waals surface area contributed by atoms with E-state index in [1.807, 2.05) is 32.0 Å². The number of amides is 1. The Balaban J connectivity index is 0.00000200. The number of para-hydroxylation sites is 1. The first-order valence-corrected chi connectivity index (χ1v) is 6.88. The number of hydrogen-bond acceptors (Lipinski definition) is 3. The molecule has 0 aromatic heterocycles. The lowest BCUT2D eigenvalue weighted by molar-refractivity contribution is -0.117. The third-order valence-corrected chi connectivity index (χ3v) is 3.57. The molecule has 0 bridgehead atoms. The normalized spacial score (nSPS) is 19.2. The van der Waals surface area contributed by atoms with Gasteiger partial charge < -0.3 is 10.6 Å². The van der Waals surface area contributed by atoms with Crippen molar-refractivity contribution in [3.63, 3.8) is 0 Å². The number of anilines is 1. The van der Waals surface area contributed by atoms with Crippen molar-refractivity contribution in [3.05, 3.63) is 29.3 Å². The molecule has 0 spiro atoms. The van der Waals surface area contributed by atoms with Gasteiger partial charge in [0.25, 0.3) is 0 Å².